The molecule has 1 aliphatic heterocycles. The molecular formula is C13H19N5O3S. The number of likely N-dealkylation sites (N-methyl/N-ethyl adjacent to an activating group) is 1. The largest absolute Gasteiger partial charge is 0.347 e. The van der Waals surface area contributed by atoms with E-state index < -0.39 is 6.04 Å². The Morgan fingerprint density at radius 2 is 1.95 bits per heavy atom. The van der Waals surface area contributed by atoms with Gasteiger partial charge in [-0.15, -0.1) is 5.10 Å². The van der Waals surface area contributed by atoms with Gasteiger partial charge in [0.15, 0.2) is 0 Å². The number of hydrogen-bond donors (Lipinski definition) is 0. The van der Waals surface area contributed by atoms with E-state index in [0.29, 0.717) is 23.7 Å². The van der Waals surface area contributed by atoms with Crippen molar-refractivity contribution in [2.24, 2.45) is 0 Å². The third kappa shape index (κ3) is 3.08. The average molecular weight is 325 g/mol. The van der Waals surface area contributed by atoms with Crippen LogP contribution in [0.3, 0.4) is 0 Å². The van der Waals surface area contributed by atoms with E-state index in [1.807, 2.05) is 0 Å². The van der Waals surface area contributed by atoms with Crippen molar-refractivity contribution in [2.75, 3.05) is 33.7 Å². The predicted octanol–water partition coefficient (Wildman–Crippen LogP) is -0.392. The van der Waals surface area contributed by atoms with Crippen molar-refractivity contribution in [2.45, 2.75) is 19.9 Å². The highest BCUT2D eigenvalue weighted by molar-refractivity contribution is 7.07. The summed E-state index contributed by atoms with van der Waals surface area (Å²) in [6.45, 7) is 4.09. The molecule has 1 aromatic heterocycles. The molecule has 22 heavy (non-hydrogen) atoms. The van der Waals surface area contributed by atoms with E-state index in [9.17, 15) is 14.4 Å². The molecule has 1 aliphatic rings. The first kappa shape index (κ1) is 16.3. The number of rotatable bonds is 2. The predicted molar refractivity (Wildman–Crippen MR) is 80.4 cm³/mol. The number of aromatic nitrogens is 2. The fraction of sp³-hybridized carbons (Fsp3) is 0.615. The molecule has 0 N–H and O–H groups in total. The maximum atomic E-state index is 12.5. The third-order valence-corrected chi connectivity index (χ3v) is 4.46. The second-order valence-corrected chi connectivity index (χ2v) is 6.15. The Labute approximate surface area is 132 Å². The Hall–Kier alpha value is -2.03. The average Bonchev–Trinajstić information content (AvgIpc) is 2.90. The Bertz CT molecular complexity index is 600. The molecule has 3 amide bonds. The van der Waals surface area contributed by atoms with Crippen LogP contribution in [0.25, 0.3) is 0 Å². The number of hydrogen-bond acceptors (Lipinski definition) is 6. The summed E-state index contributed by atoms with van der Waals surface area (Å²) in [7, 11) is 3.28. The van der Waals surface area contributed by atoms with E-state index in [-0.39, 0.29) is 24.3 Å². The van der Waals surface area contributed by atoms with Crippen molar-refractivity contribution >= 4 is 29.3 Å². The lowest BCUT2D eigenvalue weighted by Gasteiger charge is -2.40. The van der Waals surface area contributed by atoms with E-state index in [4.69, 9.17) is 0 Å². The van der Waals surface area contributed by atoms with E-state index in [2.05, 4.69) is 9.59 Å². The zero-order valence-corrected chi connectivity index (χ0v) is 13.9. The highest BCUT2D eigenvalue weighted by Gasteiger charge is 2.37. The fourth-order valence-corrected chi connectivity index (χ4v) is 3.05. The maximum absolute atomic E-state index is 12.5. The summed E-state index contributed by atoms with van der Waals surface area (Å²) in [5.41, 5.74) is 0.583. The Morgan fingerprint density at radius 1 is 1.27 bits per heavy atom. The van der Waals surface area contributed by atoms with E-state index in [0.717, 1.165) is 11.5 Å². The molecule has 1 aromatic rings. The number of carbonyl (C=O) groups excluding carboxylic acids is 3. The highest BCUT2D eigenvalue weighted by atomic mass is 32.1. The van der Waals surface area contributed by atoms with Crippen LogP contribution >= 0.6 is 11.5 Å². The van der Waals surface area contributed by atoms with Gasteiger partial charge in [-0.1, -0.05) is 4.49 Å². The summed E-state index contributed by atoms with van der Waals surface area (Å²) in [4.78, 5) is 41.6. The van der Waals surface area contributed by atoms with Gasteiger partial charge in [0.05, 0.1) is 12.2 Å². The van der Waals surface area contributed by atoms with Gasteiger partial charge in [-0.2, -0.15) is 0 Å². The molecule has 120 valence electrons. The van der Waals surface area contributed by atoms with Crippen LogP contribution in [0.2, 0.25) is 0 Å². The van der Waals surface area contributed by atoms with Crippen LogP contribution in [-0.4, -0.2) is 81.8 Å². The van der Waals surface area contributed by atoms with Crippen LogP contribution in [0.4, 0.5) is 0 Å². The summed E-state index contributed by atoms with van der Waals surface area (Å²) in [6.07, 6.45) is 0. The van der Waals surface area contributed by atoms with E-state index >= 15 is 0 Å². The highest BCUT2D eigenvalue weighted by Crippen LogP contribution is 2.18. The minimum absolute atomic E-state index is 0.164. The van der Waals surface area contributed by atoms with Crippen LogP contribution < -0.4 is 0 Å². The summed E-state index contributed by atoms with van der Waals surface area (Å²) >= 11 is 1.05. The quantitative estimate of drug-likeness (QED) is 0.739. The molecule has 0 radical (unpaired) electrons. The first-order valence-electron chi connectivity index (χ1n) is 6.89. The monoisotopic (exact) mass is 325 g/mol. The van der Waals surface area contributed by atoms with Crippen LogP contribution in [0, 0.1) is 6.92 Å². The summed E-state index contributed by atoms with van der Waals surface area (Å²) in [6, 6.07) is -0.647. The molecule has 0 bridgehead atoms. The lowest BCUT2D eigenvalue weighted by Crippen LogP contribution is -2.60. The Balaban J connectivity index is 2.20. The van der Waals surface area contributed by atoms with Crippen LogP contribution in [0.15, 0.2) is 0 Å². The van der Waals surface area contributed by atoms with Gasteiger partial charge in [-0.05, 0) is 18.5 Å². The molecule has 1 fully saturated rings. The Morgan fingerprint density at radius 3 is 2.45 bits per heavy atom. The standard InChI is InChI=1S/C13H19N5O3S/c1-8-11(22-15-14-8)13(21)17-5-6-18(9(2)19)10(7-17)12(20)16(3)4/h10H,5-7H2,1-4H3/t10-/m0/s1. The number of piperazine rings is 1. The molecule has 0 spiro atoms. The van der Waals surface area contributed by atoms with Gasteiger partial charge < -0.3 is 14.7 Å². The van der Waals surface area contributed by atoms with E-state index in [1.54, 1.807) is 25.9 Å². The minimum atomic E-state index is -0.647. The molecule has 2 heterocycles. The van der Waals surface area contributed by atoms with Crippen molar-refractivity contribution < 1.29 is 14.4 Å². The summed E-state index contributed by atoms with van der Waals surface area (Å²) in [5, 5.41) is 3.84. The molecule has 0 saturated carbocycles. The zero-order valence-electron chi connectivity index (χ0n) is 13.1. The number of carbonyl (C=O) groups is 3. The van der Waals surface area contributed by atoms with Crippen LogP contribution in [0.5, 0.6) is 0 Å². The van der Waals surface area contributed by atoms with Gasteiger partial charge in [-0.3, -0.25) is 14.4 Å². The van der Waals surface area contributed by atoms with E-state index in [1.165, 1.54) is 16.7 Å². The molecule has 2 rings (SSSR count). The molecular weight excluding hydrogens is 306 g/mol. The first-order valence-corrected chi connectivity index (χ1v) is 7.67. The number of amides is 3. The van der Waals surface area contributed by atoms with Crippen LogP contribution in [-0.2, 0) is 9.59 Å². The lowest BCUT2D eigenvalue weighted by molar-refractivity contribution is -0.146. The zero-order chi connectivity index (χ0) is 16.4. The van der Waals surface area contributed by atoms with Gasteiger partial charge in [-0.25, -0.2) is 0 Å². The van der Waals surface area contributed by atoms with Gasteiger partial charge in [0.25, 0.3) is 5.91 Å². The molecule has 0 aromatic carbocycles. The van der Waals surface area contributed by atoms with Crippen molar-refractivity contribution in [1.29, 1.82) is 0 Å². The molecule has 1 saturated heterocycles. The van der Waals surface area contributed by atoms with Crippen molar-refractivity contribution in [3.8, 4) is 0 Å². The summed E-state index contributed by atoms with van der Waals surface area (Å²) in [5.74, 6) is -0.540. The second-order valence-electron chi connectivity index (χ2n) is 5.40. The van der Waals surface area contributed by atoms with Crippen molar-refractivity contribution in [1.82, 2.24) is 24.3 Å². The minimum Gasteiger partial charge on any atom is -0.347 e. The molecule has 0 unspecified atom stereocenters. The summed E-state index contributed by atoms with van der Waals surface area (Å²) < 4.78 is 3.77. The molecule has 8 nitrogen and oxygen atoms in total. The Kier molecular flexibility index (Phi) is 4.74. The van der Waals surface area contributed by atoms with Gasteiger partial charge in [0, 0.05) is 34.1 Å². The second kappa shape index (κ2) is 6.39. The smallest absolute Gasteiger partial charge is 0.267 e. The van der Waals surface area contributed by atoms with Gasteiger partial charge in [0.1, 0.15) is 10.9 Å². The van der Waals surface area contributed by atoms with Crippen LogP contribution in [0.1, 0.15) is 22.3 Å². The fourth-order valence-electron chi connectivity index (χ4n) is 2.43. The third-order valence-electron chi connectivity index (χ3n) is 3.64. The molecule has 9 heteroatoms. The normalized spacial score (nSPS) is 18.3. The molecule has 1 atom stereocenters. The van der Waals surface area contributed by atoms with Gasteiger partial charge in [0.2, 0.25) is 11.8 Å². The molecule has 0 aliphatic carbocycles. The lowest BCUT2D eigenvalue weighted by atomic mass is 10.1. The maximum Gasteiger partial charge on any atom is 0.267 e. The van der Waals surface area contributed by atoms with Gasteiger partial charge >= 0.3 is 0 Å². The number of aryl methyl sites for hydroxylation is 1. The SMILES string of the molecule is CC(=O)N1CCN(C(=O)c2snnc2C)C[C@H]1C(=O)N(C)C. The first-order chi connectivity index (χ1) is 10.3. The topological polar surface area (TPSA) is 86.7 Å². The van der Waals surface area contributed by atoms with Crippen molar-refractivity contribution in [3.05, 3.63) is 10.6 Å². The number of nitrogens with zero attached hydrogens (tertiary/aromatic N) is 5. The van der Waals surface area contributed by atoms with Crippen molar-refractivity contribution in [3.63, 3.8) is 0 Å².